The largest absolute Gasteiger partial charge is 0.419 e. The highest BCUT2D eigenvalue weighted by atomic mass is 19.1. The Morgan fingerprint density at radius 2 is 1.66 bits per heavy atom. The molecule has 0 amide bonds. The maximum absolute atomic E-state index is 10.5. The molecule has 1 aliphatic carbocycles. The lowest BCUT2D eigenvalue weighted by Crippen LogP contribution is -2.06. The van der Waals surface area contributed by atoms with Crippen molar-refractivity contribution >= 4 is 5.82 Å². The molecular weight excluding hydrogens is 407 g/mol. The Bertz CT molecular complexity index is 957. The molecule has 0 fully saturated rings. The second kappa shape index (κ2) is 13.4. The van der Waals surface area contributed by atoms with Crippen LogP contribution in [0.3, 0.4) is 0 Å². The number of aliphatic hydroxyl groups is 1. The fraction of sp³-hybridized carbons (Fsp3) is 0.400. The van der Waals surface area contributed by atoms with E-state index in [1.54, 1.807) is 17.3 Å². The van der Waals surface area contributed by atoms with E-state index in [0.29, 0.717) is 24.0 Å². The molecule has 0 bridgehead atoms. The number of pyridine rings is 1. The molecule has 1 aliphatic rings. The third kappa shape index (κ3) is 7.57. The smallest absolute Gasteiger partial charge is 0.243 e. The number of nitrogen functional groups attached to an aromatic ring is 1. The molecule has 0 spiro atoms. The van der Waals surface area contributed by atoms with Crippen LogP contribution in [0.4, 0.5) is 10.2 Å². The van der Waals surface area contributed by atoms with Gasteiger partial charge in [0, 0.05) is 12.3 Å². The highest BCUT2D eigenvalue weighted by Crippen LogP contribution is 2.24. The average Bonchev–Trinajstić information content (AvgIpc) is 3.29. The molecule has 0 atom stereocenters. The van der Waals surface area contributed by atoms with Crippen LogP contribution in [-0.2, 0) is 25.7 Å². The molecule has 0 aliphatic heterocycles. The van der Waals surface area contributed by atoms with E-state index in [9.17, 15) is 4.39 Å². The van der Waals surface area contributed by atoms with Crippen molar-refractivity contribution < 1.29 is 14.2 Å². The number of ether oxygens (including phenoxy) is 1. The van der Waals surface area contributed by atoms with Crippen LogP contribution in [-0.4, -0.2) is 33.3 Å². The first-order valence-corrected chi connectivity index (χ1v) is 11.0. The van der Waals surface area contributed by atoms with Crippen LogP contribution >= 0.6 is 0 Å². The van der Waals surface area contributed by atoms with E-state index < -0.39 is 6.67 Å². The van der Waals surface area contributed by atoms with Crippen molar-refractivity contribution in [2.24, 2.45) is 0 Å². The maximum atomic E-state index is 10.5. The van der Waals surface area contributed by atoms with Crippen molar-refractivity contribution in [1.29, 1.82) is 0 Å². The van der Waals surface area contributed by atoms with Gasteiger partial charge in [0.15, 0.2) is 0 Å². The molecule has 6 nitrogen and oxygen atoms in total. The maximum Gasteiger partial charge on any atom is 0.243 e. The summed E-state index contributed by atoms with van der Waals surface area (Å²) < 4.78 is 16.2. The summed E-state index contributed by atoms with van der Waals surface area (Å²) in [6.45, 7) is 4.99. The van der Waals surface area contributed by atoms with Crippen LogP contribution in [0.25, 0.3) is 0 Å². The highest BCUT2D eigenvalue weighted by Gasteiger charge is 2.12. The molecule has 0 radical (unpaired) electrons. The normalized spacial score (nSPS) is 11.5. The van der Waals surface area contributed by atoms with Crippen molar-refractivity contribution in [2.75, 3.05) is 19.0 Å². The fourth-order valence-corrected chi connectivity index (χ4v) is 3.25. The van der Waals surface area contributed by atoms with E-state index in [0.717, 1.165) is 23.4 Å². The predicted octanol–water partition coefficient (Wildman–Crippen LogP) is 4.80. The molecule has 32 heavy (non-hydrogen) atoms. The predicted molar refractivity (Wildman–Crippen MR) is 126 cm³/mol. The number of alkyl halides is 1. The number of hydrogen-bond acceptors (Lipinski definition) is 6. The Labute approximate surface area is 189 Å². The van der Waals surface area contributed by atoms with Gasteiger partial charge < -0.3 is 15.6 Å². The zero-order chi connectivity index (χ0) is 23.3. The highest BCUT2D eigenvalue weighted by molar-refractivity contribution is 5.40. The van der Waals surface area contributed by atoms with Gasteiger partial charge in [-0.15, -0.1) is 0 Å². The summed E-state index contributed by atoms with van der Waals surface area (Å²) in [6, 6.07) is 12.5. The average molecular weight is 441 g/mol. The molecule has 1 aromatic carbocycles. The van der Waals surface area contributed by atoms with Crippen molar-refractivity contribution in [2.45, 2.75) is 52.9 Å². The number of aromatic nitrogens is 3. The van der Waals surface area contributed by atoms with Gasteiger partial charge in [-0.1, -0.05) is 38.1 Å². The van der Waals surface area contributed by atoms with Crippen LogP contribution < -0.4 is 10.5 Å². The van der Waals surface area contributed by atoms with E-state index in [2.05, 4.69) is 39.2 Å². The molecule has 2 aromatic heterocycles. The molecule has 7 heteroatoms. The van der Waals surface area contributed by atoms with Crippen molar-refractivity contribution in [1.82, 2.24) is 15.0 Å². The number of fused-ring (bicyclic) bond motifs is 1. The molecule has 0 saturated carbocycles. The summed E-state index contributed by atoms with van der Waals surface area (Å²) in [4.78, 5) is 12.9. The van der Waals surface area contributed by atoms with Gasteiger partial charge >= 0.3 is 0 Å². The number of nitrogens with two attached hydrogens (primary N) is 1. The zero-order valence-electron chi connectivity index (χ0n) is 19.1. The second-order valence-corrected chi connectivity index (χ2v) is 7.32. The van der Waals surface area contributed by atoms with Crippen molar-refractivity contribution in [3.63, 3.8) is 0 Å². The fourth-order valence-electron chi connectivity index (χ4n) is 3.25. The van der Waals surface area contributed by atoms with Crippen molar-refractivity contribution in [3.05, 3.63) is 70.7 Å². The Balaban J connectivity index is 0.000000229. The molecule has 0 saturated heterocycles. The molecular formula is C25H33FN4O2. The van der Waals surface area contributed by atoms with Crippen molar-refractivity contribution in [3.8, 4) is 11.8 Å². The number of halogens is 1. The van der Waals surface area contributed by atoms with E-state index in [-0.39, 0.29) is 6.61 Å². The van der Waals surface area contributed by atoms with Crippen LogP contribution in [0, 0.1) is 6.92 Å². The monoisotopic (exact) mass is 440 g/mol. The van der Waals surface area contributed by atoms with E-state index in [1.807, 2.05) is 32.9 Å². The van der Waals surface area contributed by atoms with Gasteiger partial charge in [-0.3, -0.25) is 0 Å². The van der Waals surface area contributed by atoms with E-state index in [1.165, 1.54) is 19.3 Å². The quantitative estimate of drug-likeness (QED) is 0.592. The van der Waals surface area contributed by atoms with Gasteiger partial charge in [0.05, 0.1) is 12.3 Å². The number of hydrogen-bond donors (Lipinski definition) is 2. The summed E-state index contributed by atoms with van der Waals surface area (Å²) in [5, 5.41) is 7.50. The number of nitrogens with zero attached hydrogens (tertiary/aromatic N) is 3. The van der Waals surface area contributed by atoms with E-state index >= 15 is 0 Å². The number of aryl methyl sites for hydroxylation is 5. The summed E-state index contributed by atoms with van der Waals surface area (Å²) in [7, 11) is 0. The summed E-state index contributed by atoms with van der Waals surface area (Å²) in [6.07, 6.45) is 7.11. The summed E-state index contributed by atoms with van der Waals surface area (Å²) in [5.74, 6) is 1.49. The first-order chi connectivity index (χ1) is 15.5. The lowest BCUT2D eigenvalue weighted by molar-refractivity contribution is 0.253. The number of benzene rings is 1. The number of aliphatic hydroxyl groups excluding tert-OH is 1. The number of anilines is 1. The van der Waals surface area contributed by atoms with Gasteiger partial charge in [-0.25, -0.2) is 19.3 Å². The van der Waals surface area contributed by atoms with Gasteiger partial charge in [0.2, 0.25) is 11.8 Å². The Hall–Kier alpha value is -3.06. The lowest BCUT2D eigenvalue weighted by Gasteiger charge is -2.11. The topological polar surface area (TPSA) is 94.2 Å². The third-order valence-electron chi connectivity index (χ3n) is 4.89. The molecule has 3 N–H and O–H groups in total. The lowest BCUT2D eigenvalue weighted by atomic mass is 10.1. The van der Waals surface area contributed by atoms with Gasteiger partial charge in [-0.05, 0) is 61.8 Å². The summed E-state index contributed by atoms with van der Waals surface area (Å²) in [5.41, 5.74) is 11.6. The van der Waals surface area contributed by atoms with Crippen LogP contribution in [0.1, 0.15) is 48.3 Å². The Kier molecular flexibility index (Phi) is 10.5. The molecule has 3 aromatic rings. The molecule has 4 rings (SSSR count). The van der Waals surface area contributed by atoms with E-state index in [4.69, 9.17) is 15.6 Å². The van der Waals surface area contributed by atoms with Crippen LogP contribution in [0.5, 0.6) is 11.8 Å². The Morgan fingerprint density at radius 1 is 1.03 bits per heavy atom. The standard InChI is InChI=1S/C14H18N4O.C9H10.C2H5FO/c1-4-10-13(15)17-11(5-2)14(18-10)19-12-8-9(3)6-7-16-12;1-2-5-9-7-3-6-8(9)4-1;3-1-2-4/h6-8H,4-5H2,1-3H3,(H2,15,17);1-2,4-5H,3,6-7H2;4H,1-2H2. The molecule has 172 valence electrons. The van der Waals surface area contributed by atoms with Crippen LogP contribution in [0.15, 0.2) is 42.6 Å². The molecule has 2 heterocycles. The van der Waals surface area contributed by atoms with Gasteiger partial charge in [0.1, 0.15) is 18.2 Å². The zero-order valence-corrected chi connectivity index (χ0v) is 19.1. The Morgan fingerprint density at radius 3 is 2.19 bits per heavy atom. The molecule has 0 unspecified atom stereocenters. The minimum absolute atomic E-state index is 0.347. The first kappa shape index (κ1) is 25.2. The second-order valence-electron chi connectivity index (χ2n) is 7.32. The first-order valence-electron chi connectivity index (χ1n) is 11.0. The van der Waals surface area contributed by atoms with Crippen LogP contribution in [0.2, 0.25) is 0 Å². The number of rotatable bonds is 5. The van der Waals surface area contributed by atoms with Gasteiger partial charge in [0.25, 0.3) is 0 Å². The third-order valence-corrected chi connectivity index (χ3v) is 4.89. The minimum atomic E-state index is -0.625. The van der Waals surface area contributed by atoms with Gasteiger partial charge in [-0.2, -0.15) is 0 Å². The minimum Gasteiger partial charge on any atom is -0.419 e. The summed E-state index contributed by atoms with van der Waals surface area (Å²) >= 11 is 0. The SMILES string of the molecule is CCc1nc(Oc2cc(C)ccn2)c(CC)nc1N.OCCF.c1ccc2c(c1)CCC2.